The van der Waals surface area contributed by atoms with Gasteiger partial charge in [-0.05, 0) is 0 Å². The summed E-state index contributed by atoms with van der Waals surface area (Å²) in [6.45, 7) is 0. The van der Waals surface area contributed by atoms with Crippen molar-refractivity contribution in [2.75, 3.05) is 5.73 Å². The zero-order valence-corrected chi connectivity index (χ0v) is 6.26. The summed E-state index contributed by atoms with van der Waals surface area (Å²) in [7, 11) is 0. The van der Waals surface area contributed by atoms with Gasteiger partial charge >= 0.3 is 0 Å². The minimum absolute atomic E-state index is 0.0827. The lowest BCUT2D eigenvalue weighted by atomic mass is 10.4. The number of nitrogen functional groups attached to an aromatic ring is 2. The molecule has 5 N–H and O–H groups in total. The highest BCUT2D eigenvalue weighted by Crippen LogP contribution is 2.10. The largest absolute Gasteiger partial charge is 0.382 e. The van der Waals surface area contributed by atoms with Gasteiger partial charge in [0.25, 0.3) is 0 Å². The van der Waals surface area contributed by atoms with Gasteiger partial charge in [0.05, 0.1) is 6.20 Å². The van der Waals surface area contributed by atoms with Crippen LogP contribution in [0.2, 0.25) is 5.15 Å². The number of nitrogens with zero attached hydrogens (tertiary/aromatic N) is 2. The molecule has 0 radical (unpaired) electrons. The van der Waals surface area contributed by atoms with Gasteiger partial charge < -0.3 is 11.5 Å². The van der Waals surface area contributed by atoms with Crippen LogP contribution < -0.4 is 11.5 Å². The Hall–Kier alpha value is -1.36. The van der Waals surface area contributed by atoms with Gasteiger partial charge in [0.2, 0.25) is 0 Å². The fraction of sp³-hybridized carbons (Fsp3) is 0. The molecule has 1 heterocycles. The van der Waals surface area contributed by atoms with Crippen LogP contribution in [-0.4, -0.2) is 15.8 Å². The van der Waals surface area contributed by atoms with Crippen molar-refractivity contribution in [1.82, 2.24) is 9.97 Å². The Kier molecular flexibility index (Phi) is 1.91. The quantitative estimate of drug-likeness (QED) is 0.409. The summed E-state index contributed by atoms with van der Waals surface area (Å²) in [6, 6.07) is 0. The van der Waals surface area contributed by atoms with E-state index in [1.54, 1.807) is 0 Å². The number of aromatic nitrogens is 2. The monoisotopic (exact) mass is 171 g/mol. The first-order valence-corrected chi connectivity index (χ1v) is 3.11. The first-order valence-electron chi connectivity index (χ1n) is 2.73. The second kappa shape index (κ2) is 2.71. The van der Waals surface area contributed by atoms with Crippen LogP contribution in [0.15, 0.2) is 6.20 Å². The van der Waals surface area contributed by atoms with Crippen molar-refractivity contribution in [3.8, 4) is 0 Å². The summed E-state index contributed by atoms with van der Waals surface area (Å²) in [5.74, 6) is -0.0970. The Morgan fingerprint density at radius 3 is 2.73 bits per heavy atom. The lowest BCUT2D eigenvalue weighted by molar-refractivity contribution is 1.17. The molecule has 0 fully saturated rings. The van der Waals surface area contributed by atoms with Crippen LogP contribution in [0.3, 0.4) is 0 Å². The average Bonchev–Trinajstić information content (AvgIpc) is 1.94. The predicted octanol–water partition coefficient (Wildman–Crippen LogP) is -0.00373. The van der Waals surface area contributed by atoms with Gasteiger partial charge in [0.1, 0.15) is 11.5 Å². The molecule has 0 aliphatic rings. The number of amidine groups is 1. The maximum atomic E-state index is 6.98. The molecule has 0 aromatic carbocycles. The van der Waals surface area contributed by atoms with Crippen molar-refractivity contribution < 1.29 is 0 Å². The Labute approximate surface area is 67.9 Å². The number of halogens is 1. The molecule has 1 aromatic rings. The smallest absolute Gasteiger partial charge is 0.171 e. The molecule has 0 atom stereocenters. The zero-order chi connectivity index (χ0) is 8.43. The number of hydrogen-bond donors (Lipinski definition) is 3. The highest BCUT2D eigenvalue weighted by molar-refractivity contribution is 6.31. The molecule has 0 unspecified atom stereocenters. The van der Waals surface area contributed by atoms with E-state index < -0.39 is 0 Å². The Morgan fingerprint density at radius 2 is 2.27 bits per heavy atom. The molecule has 0 saturated carbocycles. The summed E-state index contributed by atoms with van der Waals surface area (Å²) in [5.41, 5.74) is 10.6. The van der Waals surface area contributed by atoms with E-state index in [0.717, 1.165) is 0 Å². The highest BCUT2D eigenvalue weighted by Gasteiger charge is 2.02. The number of nitrogens with one attached hydrogen (secondary N) is 1. The van der Waals surface area contributed by atoms with Gasteiger partial charge in [-0.2, -0.15) is 0 Å². The second-order valence-electron chi connectivity index (χ2n) is 1.84. The fourth-order valence-corrected chi connectivity index (χ4v) is 0.610. The molecular weight excluding hydrogens is 166 g/mol. The Balaban J connectivity index is 3.15. The molecule has 5 nitrogen and oxygen atoms in total. The fourth-order valence-electron chi connectivity index (χ4n) is 0.518. The van der Waals surface area contributed by atoms with Gasteiger partial charge in [-0.1, -0.05) is 11.6 Å². The molecule has 0 spiro atoms. The predicted molar refractivity (Wildman–Crippen MR) is 42.5 cm³/mol. The maximum absolute atomic E-state index is 6.98. The van der Waals surface area contributed by atoms with Gasteiger partial charge in [0.15, 0.2) is 11.0 Å². The molecule has 58 valence electrons. The van der Waals surface area contributed by atoms with Crippen molar-refractivity contribution >= 4 is 23.3 Å². The van der Waals surface area contributed by atoms with Crippen molar-refractivity contribution in [2.45, 2.75) is 0 Å². The maximum Gasteiger partial charge on any atom is 0.171 e. The molecule has 1 aromatic heterocycles. The molecular formula is C5H6ClN5. The topological polar surface area (TPSA) is 102 Å². The van der Waals surface area contributed by atoms with E-state index in [9.17, 15) is 0 Å². The average molecular weight is 172 g/mol. The third kappa shape index (κ3) is 1.56. The van der Waals surface area contributed by atoms with E-state index >= 15 is 0 Å². The third-order valence-electron chi connectivity index (χ3n) is 1.03. The standard InChI is InChI=1S/C5H6ClN5/c6-3-5(9)11-2(1-10-3)4(7)8/h1H,(H3,7,8)(H2,9,11). The number of rotatable bonds is 1. The van der Waals surface area contributed by atoms with Crippen LogP contribution in [0.4, 0.5) is 5.82 Å². The lowest BCUT2D eigenvalue weighted by Gasteiger charge is -1.98. The Bertz CT molecular complexity index is 297. The summed E-state index contributed by atoms with van der Waals surface area (Å²) >= 11 is 5.48. The number of nitrogens with two attached hydrogens (primary N) is 2. The summed E-state index contributed by atoms with van der Waals surface area (Å²) < 4.78 is 0. The van der Waals surface area contributed by atoms with Crippen molar-refractivity contribution in [1.29, 1.82) is 5.41 Å². The van der Waals surface area contributed by atoms with E-state index in [-0.39, 0.29) is 22.5 Å². The van der Waals surface area contributed by atoms with E-state index in [2.05, 4.69) is 9.97 Å². The van der Waals surface area contributed by atoms with Crippen molar-refractivity contribution in [3.63, 3.8) is 0 Å². The lowest BCUT2D eigenvalue weighted by Crippen LogP contribution is -2.14. The minimum atomic E-state index is -0.180. The molecule has 0 saturated heterocycles. The second-order valence-corrected chi connectivity index (χ2v) is 2.20. The van der Waals surface area contributed by atoms with E-state index in [4.69, 9.17) is 28.5 Å². The molecule has 6 heteroatoms. The van der Waals surface area contributed by atoms with E-state index in [1.807, 2.05) is 0 Å². The molecule has 1 rings (SSSR count). The van der Waals surface area contributed by atoms with Crippen LogP contribution in [-0.2, 0) is 0 Å². The molecule has 0 aliphatic carbocycles. The van der Waals surface area contributed by atoms with E-state index in [0.29, 0.717) is 0 Å². The van der Waals surface area contributed by atoms with Crippen molar-refractivity contribution in [3.05, 3.63) is 17.0 Å². The first-order chi connectivity index (χ1) is 5.11. The van der Waals surface area contributed by atoms with Gasteiger partial charge in [-0.3, -0.25) is 5.41 Å². The molecule has 0 bridgehead atoms. The van der Waals surface area contributed by atoms with Crippen LogP contribution >= 0.6 is 11.6 Å². The van der Waals surface area contributed by atoms with E-state index in [1.165, 1.54) is 6.20 Å². The summed E-state index contributed by atoms with van der Waals surface area (Å²) in [5, 5.41) is 7.10. The molecule has 0 aliphatic heterocycles. The highest BCUT2D eigenvalue weighted by atomic mass is 35.5. The summed E-state index contributed by atoms with van der Waals surface area (Å²) in [4.78, 5) is 7.36. The van der Waals surface area contributed by atoms with Crippen LogP contribution in [0.25, 0.3) is 0 Å². The van der Waals surface area contributed by atoms with Crippen LogP contribution in [0.5, 0.6) is 0 Å². The zero-order valence-electron chi connectivity index (χ0n) is 5.50. The normalized spacial score (nSPS) is 9.55. The molecule has 11 heavy (non-hydrogen) atoms. The number of anilines is 1. The van der Waals surface area contributed by atoms with Gasteiger partial charge in [0, 0.05) is 0 Å². The van der Waals surface area contributed by atoms with Crippen LogP contribution in [0, 0.1) is 5.41 Å². The SMILES string of the molecule is N=C(N)c1cnc(Cl)c(N)n1. The first kappa shape index (κ1) is 7.74. The molecule has 0 amide bonds. The van der Waals surface area contributed by atoms with Gasteiger partial charge in [-0.25, -0.2) is 9.97 Å². The van der Waals surface area contributed by atoms with Gasteiger partial charge in [-0.15, -0.1) is 0 Å². The summed E-state index contributed by atoms with van der Waals surface area (Å²) in [6.07, 6.45) is 1.29. The van der Waals surface area contributed by atoms with Crippen molar-refractivity contribution in [2.24, 2.45) is 5.73 Å². The Morgan fingerprint density at radius 1 is 1.64 bits per heavy atom. The number of hydrogen-bond acceptors (Lipinski definition) is 4. The minimum Gasteiger partial charge on any atom is -0.382 e. The third-order valence-corrected chi connectivity index (χ3v) is 1.32. The van der Waals surface area contributed by atoms with Crippen LogP contribution in [0.1, 0.15) is 5.69 Å².